The molecule has 0 aromatic heterocycles. The lowest BCUT2D eigenvalue weighted by molar-refractivity contribution is -0.160. The lowest BCUT2D eigenvalue weighted by Gasteiger charge is -2.52. The van der Waals surface area contributed by atoms with Gasteiger partial charge in [0.2, 0.25) is 4.87 Å². The van der Waals surface area contributed by atoms with Gasteiger partial charge in [0.25, 0.3) is 11.8 Å². The number of hydrogen-bond donors (Lipinski definition) is 0. The molecule has 4 rings (SSSR count). The van der Waals surface area contributed by atoms with Crippen molar-refractivity contribution in [3.05, 3.63) is 35.9 Å². The van der Waals surface area contributed by atoms with Crippen molar-refractivity contribution in [1.29, 1.82) is 0 Å². The summed E-state index contributed by atoms with van der Waals surface area (Å²) in [6.07, 6.45) is 0. The van der Waals surface area contributed by atoms with Gasteiger partial charge in [0.15, 0.2) is 5.37 Å². The van der Waals surface area contributed by atoms with Crippen molar-refractivity contribution in [3.8, 4) is 0 Å². The van der Waals surface area contributed by atoms with E-state index in [1.165, 1.54) is 31.4 Å². The van der Waals surface area contributed by atoms with E-state index in [-0.39, 0.29) is 18.4 Å². The number of piperazine rings is 1. The van der Waals surface area contributed by atoms with Crippen molar-refractivity contribution in [2.45, 2.75) is 16.9 Å². The zero-order chi connectivity index (χ0) is 15.0. The highest BCUT2D eigenvalue weighted by Crippen LogP contribution is 2.52. The van der Waals surface area contributed by atoms with Gasteiger partial charge >= 0.3 is 0 Å². The van der Waals surface area contributed by atoms with Crippen LogP contribution < -0.4 is 0 Å². The van der Waals surface area contributed by atoms with Gasteiger partial charge in [-0.3, -0.25) is 9.59 Å². The van der Waals surface area contributed by atoms with Crippen molar-refractivity contribution in [2.24, 2.45) is 0 Å². The molecule has 1 aromatic rings. The van der Waals surface area contributed by atoms with Gasteiger partial charge in [-0.15, -0.1) is 0 Å². The number of hydrogen-bond acceptors (Lipinski definition) is 5. The quantitative estimate of drug-likeness (QED) is 0.787. The van der Waals surface area contributed by atoms with Gasteiger partial charge in [-0.25, -0.2) is 0 Å². The molecule has 1 unspecified atom stereocenters. The Kier molecular flexibility index (Phi) is 3.90. The Labute approximate surface area is 131 Å². The fourth-order valence-corrected chi connectivity index (χ4v) is 5.76. The van der Waals surface area contributed by atoms with Crippen LogP contribution in [-0.2, 0) is 20.9 Å². The summed E-state index contributed by atoms with van der Waals surface area (Å²) < 4.78 is 5.74. The summed E-state index contributed by atoms with van der Waals surface area (Å²) in [4.78, 5) is 26.9. The first-order valence-corrected chi connectivity index (χ1v) is 8.78. The van der Waals surface area contributed by atoms with Gasteiger partial charge in [-0.2, -0.15) is 0 Å². The molecule has 3 fully saturated rings. The van der Waals surface area contributed by atoms with Crippen molar-refractivity contribution in [1.82, 2.24) is 9.80 Å². The normalized spacial score (nSPS) is 28.4. The first kappa shape index (κ1) is 14.7. The molecule has 7 heteroatoms. The average Bonchev–Trinajstić information content (AvgIpc) is 2.50. The maximum Gasteiger partial charge on any atom is 0.263 e. The number of benzene rings is 1. The van der Waals surface area contributed by atoms with E-state index in [2.05, 4.69) is 0 Å². The SMILES string of the molecule is CN1C(=O)[C@]2(COCc3ccccc3)SSC1C(=O)N2C. The van der Waals surface area contributed by atoms with E-state index >= 15 is 0 Å². The van der Waals surface area contributed by atoms with Crippen LogP contribution >= 0.6 is 21.6 Å². The minimum atomic E-state index is -0.944. The molecule has 21 heavy (non-hydrogen) atoms. The molecular formula is C14H16N2O3S2. The number of carbonyl (C=O) groups is 2. The molecule has 2 bridgehead atoms. The van der Waals surface area contributed by atoms with Crippen LogP contribution in [0.15, 0.2) is 30.3 Å². The lowest BCUT2D eigenvalue weighted by Crippen LogP contribution is -2.71. The summed E-state index contributed by atoms with van der Waals surface area (Å²) in [5.41, 5.74) is 1.05. The van der Waals surface area contributed by atoms with Gasteiger partial charge < -0.3 is 14.5 Å². The number of amides is 2. The van der Waals surface area contributed by atoms with Gasteiger partial charge in [-0.05, 0) is 5.56 Å². The summed E-state index contributed by atoms with van der Waals surface area (Å²) >= 11 is 0. The van der Waals surface area contributed by atoms with E-state index in [0.717, 1.165) is 5.56 Å². The first-order valence-electron chi connectivity index (χ1n) is 6.57. The van der Waals surface area contributed by atoms with Gasteiger partial charge in [-0.1, -0.05) is 51.9 Å². The summed E-state index contributed by atoms with van der Waals surface area (Å²) in [6, 6.07) is 9.78. The molecule has 3 aliphatic heterocycles. The molecule has 112 valence electrons. The van der Waals surface area contributed by atoms with Gasteiger partial charge in [0.1, 0.15) is 0 Å². The number of carbonyl (C=O) groups excluding carboxylic acids is 2. The maximum absolute atomic E-state index is 12.5. The van der Waals surface area contributed by atoms with E-state index in [1.54, 1.807) is 14.1 Å². The molecular weight excluding hydrogens is 308 g/mol. The first-order chi connectivity index (χ1) is 10.1. The molecule has 3 heterocycles. The van der Waals surface area contributed by atoms with Crippen LogP contribution in [0.2, 0.25) is 0 Å². The van der Waals surface area contributed by atoms with Crippen LogP contribution in [0.1, 0.15) is 5.56 Å². The lowest BCUT2D eigenvalue weighted by atomic mass is 10.1. The van der Waals surface area contributed by atoms with E-state index in [0.29, 0.717) is 6.61 Å². The number of likely N-dealkylation sites (N-methyl/N-ethyl adjacent to an activating group) is 2. The van der Waals surface area contributed by atoms with Crippen molar-refractivity contribution in [2.75, 3.05) is 20.7 Å². The second-order valence-electron chi connectivity index (χ2n) is 5.11. The van der Waals surface area contributed by atoms with Crippen LogP contribution in [0.5, 0.6) is 0 Å². The van der Waals surface area contributed by atoms with Crippen LogP contribution in [0.4, 0.5) is 0 Å². The molecule has 5 nitrogen and oxygen atoms in total. The van der Waals surface area contributed by atoms with Crippen LogP contribution in [0.25, 0.3) is 0 Å². The Morgan fingerprint density at radius 2 is 1.95 bits per heavy atom. The summed E-state index contributed by atoms with van der Waals surface area (Å²) in [7, 11) is 6.21. The highest BCUT2D eigenvalue weighted by molar-refractivity contribution is 8.78. The fourth-order valence-electron chi connectivity index (χ4n) is 2.42. The Hall–Kier alpha value is -1.18. The molecule has 0 N–H and O–H groups in total. The number of nitrogens with zero attached hydrogens (tertiary/aromatic N) is 2. The Balaban J connectivity index is 1.72. The molecule has 0 spiro atoms. The van der Waals surface area contributed by atoms with Crippen molar-refractivity contribution >= 4 is 33.4 Å². The monoisotopic (exact) mass is 324 g/mol. The minimum Gasteiger partial charge on any atom is -0.373 e. The molecule has 0 radical (unpaired) electrons. The van der Waals surface area contributed by atoms with Crippen molar-refractivity contribution < 1.29 is 14.3 Å². The van der Waals surface area contributed by atoms with E-state index < -0.39 is 10.2 Å². The Bertz CT molecular complexity index is 569. The summed E-state index contributed by atoms with van der Waals surface area (Å²) in [5, 5.41) is -0.413. The Morgan fingerprint density at radius 3 is 2.67 bits per heavy atom. The molecule has 1 aromatic carbocycles. The second kappa shape index (κ2) is 5.55. The highest BCUT2D eigenvalue weighted by atomic mass is 33.1. The summed E-state index contributed by atoms with van der Waals surface area (Å²) in [6.45, 7) is 0.619. The van der Waals surface area contributed by atoms with Gasteiger partial charge in [0, 0.05) is 14.1 Å². The third-order valence-corrected chi connectivity index (χ3v) is 7.08. The third kappa shape index (κ3) is 2.33. The maximum atomic E-state index is 12.5. The predicted molar refractivity (Wildman–Crippen MR) is 83.3 cm³/mol. The zero-order valence-electron chi connectivity index (χ0n) is 11.8. The largest absolute Gasteiger partial charge is 0.373 e. The number of rotatable bonds is 4. The third-order valence-electron chi connectivity index (χ3n) is 3.78. The van der Waals surface area contributed by atoms with Crippen LogP contribution in [0, 0.1) is 0 Å². The molecule has 2 amide bonds. The zero-order valence-corrected chi connectivity index (χ0v) is 13.4. The average molecular weight is 324 g/mol. The van der Waals surface area contributed by atoms with Crippen LogP contribution in [-0.4, -0.2) is 52.6 Å². The highest BCUT2D eigenvalue weighted by Gasteiger charge is 2.60. The standard InChI is InChI=1S/C14H16N2O3S2/c1-15-12-11(17)16(2)14(13(15)18,21-20-12)9-19-8-10-6-4-3-5-7-10/h3-7,12H,8-9H2,1-2H3/t12?,14-/m0/s1. The molecule has 3 aliphatic rings. The smallest absolute Gasteiger partial charge is 0.263 e. The van der Waals surface area contributed by atoms with Crippen molar-refractivity contribution in [3.63, 3.8) is 0 Å². The topological polar surface area (TPSA) is 49.9 Å². The predicted octanol–water partition coefficient (Wildman–Crippen LogP) is 1.55. The van der Waals surface area contributed by atoms with E-state index in [4.69, 9.17) is 4.74 Å². The molecule has 3 saturated heterocycles. The molecule has 2 atom stereocenters. The molecule has 0 saturated carbocycles. The van der Waals surface area contributed by atoms with Crippen LogP contribution in [0.3, 0.4) is 0 Å². The minimum absolute atomic E-state index is 0.0378. The number of fused-ring (bicyclic) bond motifs is 3. The fraction of sp³-hybridized carbons (Fsp3) is 0.429. The van der Waals surface area contributed by atoms with E-state index in [9.17, 15) is 9.59 Å². The van der Waals surface area contributed by atoms with Gasteiger partial charge in [0.05, 0.1) is 13.2 Å². The van der Waals surface area contributed by atoms with E-state index in [1.807, 2.05) is 30.3 Å². The molecule has 0 aliphatic carbocycles. The second-order valence-corrected chi connectivity index (χ2v) is 7.67. The summed E-state index contributed by atoms with van der Waals surface area (Å²) in [5.74, 6) is -0.101. The number of ether oxygens (including phenoxy) is 1. The Morgan fingerprint density at radius 1 is 1.24 bits per heavy atom.